The van der Waals surface area contributed by atoms with Gasteiger partial charge in [0.25, 0.3) is 0 Å². The molecule has 1 rings (SSSR count). The Bertz CT molecular complexity index is 353. The standard InChI is InChI=1S/C9H7ClN2O/c1-7(13)12(6-11)9-4-2-8(10)3-5-9/h2-5H,1H3. The molecule has 1 aromatic carbocycles. The van der Waals surface area contributed by atoms with Crippen LogP contribution >= 0.6 is 11.6 Å². The van der Waals surface area contributed by atoms with E-state index in [1.165, 1.54) is 6.92 Å². The second-order valence-corrected chi connectivity index (χ2v) is 2.87. The highest BCUT2D eigenvalue weighted by Gasteiger charge is 2.09. The number of amides is 1. The number of carbonyl (C=O) groups is 1. The maximum Gasteiger partial charge on any atom is 0.237 e. The van der Waals surface area contributed by atoms with Gasteiger partial charge in [-0.3, -0.25) is 4.79 Å². The van der Waals surface area contributed by atoms with E-state index in [-0.39, 0.29) is 5.91 Å². The summed E-state index contributed by atoms with van der Waals surface area (Å²) in [4.78, 5) is 11.9. The fraction of sp³-hybridized carbons (Fsp3) is 0.111. The van der Waals surface area contributed by atoms with E-state index in [0.29, 0.717) is 10.7 Å². The topological polar surface area (TPSA) is 44.1 Å². The molecular weight excluding hydrogens is 188 g/mol. The van der Waals surface area contributed by atoms with Crippen LogP contribution in [0.15, 0.2) is 24.3 Å². The molecule has 0 saturated carbocycles. The minimum Gasteiger partial charge on any atom is -0.274 e. The largest absolute Gasteiger partial charge is 0.274 e. The Balaban J connectivity index is 3.01. The first-order chi connectivity index (χ1) is 6.15. The van der Waals surface area contributed by atoms with Crippen LogP contribution in [0.5, 0.6) is 0 Å². The van der Waals surface area contributed by atoms with Crippen LogP contribution in [-0.2, 0) is 4.79 Å². The zero-order valence-electron chi connectivity index (χ0n) is 6.99. The lowest BCUT2D eigenvalue weighted by Gasteiger charge is -2.10. The van der Waals surface area contributed by atoms with Gasteiger partial charge in [0, 0.05) is 11.9 Å². The highest BCUT2D eigenvalue weighted by Crippen LogP contribution is 2.17. The summed E-state index contributed by atoms with van der Waals surface area (Å²) in [5, 5.41) is 9.22. The number of nitriles is 1. The molecule has 0 spiro atoms. The molecule has 0 heterocycles. The van der Waals surface area contributed by atoms with Crippen molar-refractivity contribution in [2.24, 2.45) is 0 Å². The van der Waals surface area contributed by atoms with Crippen LogP contribution < -0.4 is 4.90 Å². The minimum atomic E-state index is -0.315. The lowest BCUT2D eigenvalue weighted by atomic mass is 10.3. The quantitative estimate of drug-likeness (QED) is 0.508. The third-order valence-corrected chi connectivity index (χ3v) is 1.75. The van der Waals surface area contributed by atoms with Crippen molar-refractivity contribution in [1.82, 2.24) is 0 Å². The van der Waals surface area contributed by atoms with Crippen molar-refractivity contribution in [3.05, 3.63) is 29.3 Å². The number of hydrogen-bond donors (Lipinski definition) is 0. The Kier molecular flexibility index (Phi) is 2.88. The van der Waals surface area contributed by atoms with E-state index < -0.39 is 0 Å². The summed E-state index contributed by atoms with van der Waals surface area (Å²) in [5.41, 5.74) is 0.527. The summed E-state index contributed by atoms with van der Waals surface area (Å²) in [5.74, 6) is -0.315. The fourth-order valence-electron chi connectivity index (χ4n) is 0.900. The van der Waals surface area contributed by atoms with Crippen molar-refractivity contribution in [3.63, 3.8) is 0 Å². The summed E-state index contributed by atoms with van der Waals surface area (Å²) in [6.45, 7) is 1.33. The Labute approximate surface area is 81.1 Å². The van der Waals surface area contributed by atoms with Crippen LogP contribution in [0.4, 0.5) is 5.69 Å². The van der Waals surface area contributed by atoms with Crippen LogP contribution in [0.2, 0.25) is 5.02 Å². The third kappa shape index (κ3) is 2.20. The second kappa shape index (κ2) is 3.92. The number of halogens is 1. The van der Waals surface area contributed by atoms with Crippen molar-refractivity contribution in [1.29, 1.82) is 5.26 Å². The Morgan fingerprint density at radius 3 is 2.38 bits per heavy atom. The Morgan fingerprint density at radius 2 is 2.00 bits per heavy atom. The number of nitrogens with zero attached hydrogens (tertiary/aromatic N) is 2. The van der Waals surface area contributed by atoms with Gasteiger partial charge >= 0.3 is 0 Å². The first kappa shape index (κ1) is 9.56. The van der Waals surface area contributed by atoms with E-state index in [0.717, 1.165) is 4.90 Å². The van der Waals surface area contributed by atoms with Crippen molar-refractivity contribution in [3.8, 4) is 6.19 Å². The molecule has 0 saturated heterocycles. The van der Waals surface area contributed by atoms with E-state index in [4.69, 9.17) is 16.9 Å². The maximum atomic E-state index is 10.9. The smallest absolute Gasteiger partial charge is 0.237 e. The average Bonchev–Trinajstić information content (AvgIpc) is 2.09. The van der Waals surface area contributed by atoms with Crippen LogP contribution in [0, 0.1) is 11.5 Å². The highest BCUT2D eigenvalue weighted by molar-refractivity contribution is 6.30. The van der Waals surface area contributed by atoms with Gasteiger partial charge < -0.3 is 0 Å². The van der Waals surface area contributed by atoms with Gasteiger partial charge in [-0.15, -0.1) is 0 Å². The van der Waals surface area contributed by atoms with Gasteiger partial charge in [0.05, 0.1) is 5.69 Å². The summed E-state index contributed by atoms with van der Waals surface area (Å²) in [6.07, 6.45) is 1.78. The zero-order valence-corrected chi connectivity index (χ0v) is 7.75. The van der Waals surface area contributed by atoms with Gasteiger partial charge in [-0.2, -0.15) is 5.26 Å². The number of anilines is 1. The molecular formula is C9H7ClN2O. The number of benzene rings is 1. The van der Waals surface area contributed by atoms with Gasteiger partial charge in [-0.25, -0.2) is 4.90 Å². The molecule has 1 amide bonds. The van der Waals surface area contributed by atoms with Gasteiger partial charge in [-0.05, 0) is 24.3 Å². The van der Waals surface area contributed by atoms with E-state index in [2.05, 4.69) is 0 Å². The summed E-state index contributed by atoms with van der Waals surface area (Å²) < 4.78 is 0. The monoisotopic (exact) mass is 194 g/mol. The lowest BCUT2D eigenvalue weighted by Crippen LogP contribution is -2.21. The predicted octanol–water partition coefficient (Wildman–Crippen LogP) is 2.17. The number of rotatable bonds is 1. The molecule has 0 bridgehead atoms. The van der Waals surface area contributed by atoms with Crippen LogP contribution in [0.3, 0.4) is 0 Å². The van der Waals surface area contributed by atoms with E-state index in [1.54, 1.807) is 30.5 Å². The van der Waals surface area contributed by atoms with Crippen molar-refractivity contribution in [2.75, 3.05) is 4.90 Å². The van der Waals surface area contributed by atoms with E-state index in [1.807, 2.05) is 0 Å². The lowest BCUT2D eigenvalue weighted by molar-refractivity contribution is -0.115. The normalized spacial score (nSPS) is 9.00. The first-order valence-electron chi connectivity index (χ1n) is 3.61. The molecule has 0 unspecified atom stereocenters. The summed E-state index contributed by atoms with van der Waals surface area (Å²) in [7, 11) is 0. The van der Waals surface area contributed by atoms with E-state index in [9.17, 15) is 4.79 Å². The van der Waals surface area contributed by atoms with Crippen LogP contribution in [0.25, 0.3) is 0 Å². The van der Waals surface area contributed by atoms with Gasteiger partial charge in [-0.1, -0.05) is 11.6 Å². The molecule has 3 nitrogen and oxygen atoms in total. The number of hydrogen-bond acceptors (Lipinski definition) is 2. The Morgan fingerprint density at radius 1 is 1.46 bits per heavy atom. The number of carbonyl (C=O) groups excluding carboxylic acids is 1. The molecule has 1 aromatic rings. The first-order valence-corrected chi connectivity index (χ1v) is 3.99. The van der Waals surface area contributed by atoms with Gasteiger partial charge in [0.2, 0.25) is 5.91 Å². The van der Waals surface area contributed by atoms with E-state index >= 15 is 0 Å². The average molecular weight is 195 g/mol. The van der Waals surface area contributed by atoms with Crippen molar-refractivity contribution < 1.29 is 4.79 Å². The maximum absolute atomic E-state index is 10.9. The molecule has 0 atom stereocenters. The highest BCUT2D eigenvalue weighted by atomic mass is 35.5. The molecule has 0 aromatic heterocycles. The minimum absolute atomic E-state index is 0.315. The van der Waals surface area contributed by atoms with Crippen molar-refractivity contribution in [2.45, 2.75) is 6.92 Å². The third-order valence-electron chi connectivity index (χ3n) is 1.50. The zero-order chi connectivity index (χ0) is 9.84. The Hall–Kier alpha value is -1.53. The fourth-order valence-corrected chi connectivity index (χ4v) is 1.03. The van der Waals surface area contributed by atoms with Crippen LogP contribution in [-0.4, -0.2) is 5.91 Å². The van der Waals surface area contributed by atoms with Crippen LogP contribution in [0.1, 0.15) is 6.92 Å². The second-order valence-electron chi connectivity index (χ2n) is 2.43. The molecule has 13 heavy (non-hydrogen) atoms. The molecule has 0 aliphatic heterocycles. The molecule has 0 N–H and O–H groups in total. The summed E-state index contributed by atoms with van der Waals surface area (Å²) in [6, 6.07) is 6.49. The van der Waals surface area contributed by atoms with Crippen molar-refractivity contribution >= 4 is 23.2 Å². The molecule has 0 radical (unpaired) electrons. The molecule has 4 heteroatoms. The summed E-state index contributed by atoms with van der Waals surface area (Å²) >= 11 is 5.65. The molecule has 0 aliphatic rings. The van der Waals surface area contributed by atoms with Gasteiger partial charge in [0.15, 0.2) is 6.19 Å². The molecule has 0 aliphatic carbocycles. The molecule has 66 valence electrons. The SMILES string of the molecule is CC(=O)N(C#N)c1ccc(Cl)cc1. The predicted molar refractivity (Wildman–Crippen MR) is 50.2 cm³/mol. The van der Waals surface area contributed by atoms with Gasteiger partial charge in [0.1, 0.15) is 0 Å². The molecule has 0 fully saturated rings.